The van der Waals surface area contributed by atoms with Gasteiger partial charge in [0.05, 0.1) is 17.3 Å². The molecule has 0 aliphatic heterocycles. The topological polar surface area (TPSA) is 77.0 Å². The number of nitrogens with zero attached hydrogens (tertiary/aromatic N) is 1. The highest BCUT2D eigenvalue weighted by atomic mass is 35.5. The van der Waals surface area contributed by atoms with Crippen LogP contribution >= 0.6 is 22.9 Å². The zero-order valence-electron chi connectivity index (χ0n) is 18.5. The van der Waals surface area contributed by atoms with Crippen LogP contribution in [0.4, 0.5) is 11.4 Å². The average molecular weight is 493 g/mol. The molecule has 1 N–H and O–H groups in total. The van der Waals surface area contributed by atoms with E-state index in [1.165, 1.54) is 18.3 Å². The molecule has 0 aliphatic carbocycles. The third-order valence-electron chi connectivity index (χ3n) is 4.74. The van der Waals surface area contributed by atoms with Crippen molar-refractivity contribution >= 4 is 62.5 Å². The van der Waals surface area contributed by atoms with Crippen LogP contribution in [0, 0.1) is 0 Å². The number of halogens is 1. The molecule has 4 rings (SSSR count). The van der Waals surface area contributed by atoms with Gasteiger partial charge in [0.25, 0.3) is 0 Å². The minimum atomic E-state index is -0.534. The predicted octanol–water partition coefficient (Wildman–Crippen LogP) is 6.88. The van der Waals surface area contributed by atoms with E-state index in [0.29, 0.717) is 33.7 Å². The number of benzene rings is 3. The molecule has 0 radical (unpaired) electrons. The van der Waals surface area contributed by atoms with Gasteiger partial charge >= 0.3 is 5.97 Å². The normalized spacial score (nSPS) is 11.0. The second kappa shape index (κ2) is 10.5. The highest BCUT2D eigenvalue weighted by Crippen LogP contribution is 2.37. The van der Waals surface area contributed by atoms with Crippen molar-refractivity contribution in [2.45, 2.75) is 13.8 Å². The number of hydrogen-bond acceptors (Lipinski definition) is 6. The molecule has 0 aliphatic rings. The lowest BCUT2D eigenvalue weighted by Gasteiger charge is -2.11. The summed E-state index contributed by atoms with van der Waals surface area (Å²) in [5.74, 6) is 0.0678. The number of carbonyl (C=O) groups excluding carboxylic acids is 2. The molecule has 0 atom stereocenters. The van der Waals surface area contributed by atoms with Gasteiger partial charge in [0.2, 0.25) is 5.91 Å². The van der Waals surface area contributed by atoms with Crippen molar-refractivity contribution in [3.63, 3.8) is 0 Å². The van der Waals surface area contributed by atoms with E-state index in [1.54, 1.807) is 48.7 Å². The fraction of sp³-hybridized carbons (Fsp3) is 0.115. The highest BCUT2D eigenvalue weighted by Gasteiger charge is 2.20. The van der Waals surface area contributed by atoms with Gasteiger partial charge in [-0.05, 0) is 61.0 Å². The highest BCUT2D eigenvalue weighted by molar-refractivity contribution is 7.21. The summed E-state index contributed by atoms with van der Waals surface area (Å²) < 4.78 is 12.3. The Morgan fingerprint density at radius 2 is 1.82 bits per heavy atom. The Morgan fingerprint density at radius 3 is 2.53 bits per heavy atom. The van der Waals surface area contributed by atoms with E-state index in [-0.39, 0.29) is 5.91 Å². The Bertz CT molecular complexity index is 1380. The number of thiophene rings is 1. The molecule has 1 amide bonds. The summed E-state index contributed by atoms with van der Waals surface area (Å²) in [6, 6.07) is 19.9. The number of fused-ring (bicyclic) bond motifs is 1. The van der Waals surface area contributed by atoms with Crippen LogP contribution in [0.5, 0.6) is 11.5 Å². The quantitative estimate of drug-likeness (QED) is 0.173. The molecule has 3 aromatic carbocycles. The van der Waals surface area contributed by atoms with Gasteiger partial charge in [0.15, 0.2) is 11.5 Å². The molecule has 1 heterocycles. The number of anilines is 1. The third kappa shape index (κ3) is 5.44. The lowest BCUT2D eigenvalue weighted by Crippen LogP contribution is -2.08. The van der Waals surface area contributed by atoms with Crippen LogP contribution < -0.4 is 14.8 Å². The molecule has 8 heteroatoms. The molecule has 0 saturated heterocycles. The van der Waals surface area contributed by atoms with Crippen molar-refractivity contribution in [3.05, 3.63) is 82.2 Å². The van der Waals surface area contributed by atoms with Crippen LogP contribution in [-0.4, -0.2) is 24.7 Å². The Labute approximate surface area is 205 Å². The molecule has 0 spiro atoms. The number of esters is 1. The van der Waals surface area contributed by atoms with E-state index in [4.69, 9.17) is 21.1 Å². The predicted molar refractivity (Wildman–Crippen MR) is 137 cm³/mol. The first-order valence-electron chi connectivity index (χ1n) is 10.5. The third-order valence-corrected chi connectivity index (χ3v) is 6.40. The van der Waals surface area contributed by atoms with Crippen molar-refractivity contribution in [2.75, 3.05) is 11.9 Å². The summed E-state index contributed by atoms with van der Waals surface area (Å²) in [7, 11) is 0. The van der Waals surface area contributed by atoms with E-state index in [0.717, 1.165) is 21.3 Å². The van der Waals surface area contributed by atoms with Gasteiger partial charge < -0.3 is 14.8 Å². The van der Waals surface area contributed by atoms with E-state index < -0.39 is 5.97 Å². The average Bonchev–Trinajstić information content (AvgIpc) is 3.16. The van der Waals surface area contributed by atoms with Crippen LogP contribution in [0.25, 0.3) is 10.1 Å². The summed E-state index contributed by atoms with van der Waals surface area (Å²) in [5.41, 5.74) is 2.20. The molecule has 4 aromatic rings. The van der Waals surface area contributed by atoms with Gasteiger partial charge in [0.1, 0.15) is 4.88 Å². The van der Waals surface area contributed by atoms with Gasteiger partial charge in [0, 0.05) is 28.9 Å². The molecule has 172 valence electrons. The molecule has 0 unspecified atom stereocenters. The summed E-state index contributed by atoms with van der Waals surface area (Å²) in [4.78, 5) is 28.8. The van der Waals surface area contributed by atoms with Crippen molar-refractivity contribution in [1.82, 2.24) is 0 Å². The van der Waals surface area contributed by atoms with Gasteiger partial charge in [-0.15, -0.1) is 11.3 Å². The van der Waals surface area contributed by atoms with Crippen molar-refractivity contribution in [1.29, 1.82) is 0 Å². The SMILES string of the molecule is CCOc1cc(C=Nc2ccc(NC(C)=O)cc2)ccc1OC(=O)c1sc2ccccc2c1Cl. The number of ether oxygens (including phenoxy) is 2. The molecule has 34 heavy (non-hydrogen) atoms. The maximum Gasteiger partial charge on any atom is 0.355 e. The first-order valence-corrected chi connectivity index (χ1v) is 11.7. The largest absolute Gasteiger partial charge is 0.490 e. The van der Waals surface area contributed by atoms with Crippen LogP contribution in [0.1, 0.15) is 29.1 Å². The first kappa shape index (κ1) is 23.5. The number of carbonyl (C=O) groups is 2. The summed E-state index contributed by atoms with van der Waals surface area (Å²) in [6.07, 6.45) is 1.68. The fourth-order valence-electron chi connectivity index (χ4n) is 3.23. The molecular weight excluding hydrogens is 472 g/mol. The molecule has 0 fully saturated rings. The first-order chi connectivity index (χ1) is 16.4. The van der Waals surface area contributed by atoms with Crippen molar-refractivity contribution in [2.24, 2.45) is 4.99 Å². The number of hydrogen-bond donors (Lipinski definition) is 1. The van der Waals surface area contributed by atoms with Crippen LogP contribution in [-0.2, 0) is 4.79 Å². The Kier molecular flexibility index (Phi) is 7.25. The maximum atomic E-state index is 12.8. The van der Waals surface area contributed by atoms with Gasteiger partial charge in [-0.3, -0.25) is 9.79 Å². The molecule has 0 saturated carbocycles. The number of amides is 1. The van der Waals surface area contributed by atoms with Gasteiger partial charge in [-0.1, -0.05) is 29.8 Å². The van der Waals surface area contributed by atoms with E-state index >= 15 is 0 Å². The lowest BCUT2D eigenvalue weighted by molar-refractivity contribution is -0.114. The number of rotatable bonds is 7. The Balaban J connectivity index is 1.52. The molecule has 6 nitrogen and oxygen atoms in total. The molecule has 0 bridgehead atoms. The van der Waals surface area contributed by atoms with E-state index in [9.17, 15) is 9.59 Å². The minimum absolute atomic E-state index is 0.130. The summed E-state index contributed by atoms with van der Waals surface area (Å²) >= 11 is 7.71. The van der Waals surface area contributed by atoms with Crippen molar-refractivity contribution in [3.8, 4) is 11.5 Å². The van der Waals surface area contributed by atoms with Gasteiger partial charge in [-0.2, -0.15) is 0 Å². The second-order valence-electron chi connectivity index (χ2n) is 7.26. The van der Waals surface area contributed by atoms with E-state index in [1.807, 2.05) is 31.2 Å². The monoisotopic (exact) mass is 492 g/mol. The Morgan fingerprint density at radius 1 is 1.06 bits per heavy atom. The summed E-state index contributed by atoms with van der Waals surface area (Å²) in [5, 5.41) is 3.92. The second-order valence-corrected chi connectivity index (χ2v) is 8.69. The van der Waals surface area contributed by atoms with E-state index in [2.05, 4.69) is 10.3 Å². The lowest BCUT2D eigenvalue weighted by atomic mass is 10.2. The fourth-order valence-corrected chi connectivity index (χ4v) is 4.62. The van der Waals surface area contributed by atoms with Crippen LogP contribution in [0.2, 0.25) is 5.02 Å². The van der Waals surface area contributed by atoms with Crippen LogP contribution in [0.15, 0.2) is 71.7 Å². The number of aliphatic imine (C=N–C) groups is 1. The minimum Gasteiger partial charge on any atom is -0.490 e. The smallest absolute Gasteiger partial charge is 0.355 e. The number of nitrogens with one attached hydrogen (secondary N) is 1. The maximum absolute atomic E-state index is 12.8. The molecule has 1 aromatic heterocycles. The van der Waals surface area contributed by atoms with Crippen molar-refractivity contribution < 1.29 is 19.1 Å². The molecular formula is C26H21ClN2O4S. The zero-order valence-corrected chi connectivity index (χ0v) is 20.1. The van der Waals surface area contributed by atoms with Crippen LogP contribution in [0.3, 0.4) is 0 Å². The van der Waals surface area contributed by atoms with Gasteiger partial charge in [-0.25, -0.2) is 4.79 Å². The standard InChI is InChI=1S/C26H21ClN2O4S/c1-3-32-22-14-17(15-28-18-9-11-19(12-10-18)29-16(2)30)8-13-21(22)33-26(31)25-24(27)20-6-4-5-7-23(20)34-25/h4-15H,3H2,1-2H3,(H,29,30). The Hall–Kier alpha value is -3.68. The summed E-state index contributed by atoms with van der Waals surface area (Å²) in [6.45, 7) is 3.71. The zero-order chi connectivity index (χ0) is 24.1.